The molecule has 0 atom stereocenters. The van der Waals surface area contributed by atoms with Crippen LogP contribution in [0.3, 0.4) is 0 Å². The van der Waals surface area contributed by atoms with Crippen LogP contribution in [0, 0.1) is 0 Å². The van der Waals surface area contributed by atoms with Gasteiger partial charge in [0.1, 0.15) is 17.5 Å². The molecule has 20 heavy (non-hydrogen) atoms. The molecule has 1 aromatic rings. The smallest absolute Gasteiger partial charge is 0.254 e. The van der Waals surface area contributed by atoms with E-state index in [4.69, 9.17) is 11.6 Å². The van der Waals surface area contributed by atoms with Crippen molar-refractivity contribution in [3.63, 3.8) is 0 Å². The van der Waals surface area contributed by atoms with E-state index in [1.165, 1.54) is 6.07 Å². The molecule has 1 saturated heterocycles. The largest absolute Gasteiger partial charge is 0.373 e. The third kappa shape index (κ3) is 3.19. The Balaban J connectivity index is 2.22. The highest BCUT2D eigenvalue weighted by atomic mass is 35.5. The minimum Gasteiger partial charge on any atom is -0.373 e. The molecule has 1 aromatic heterocycles. The van der Waals surface area contributed by atoms with Gasteiger partial charge in [0.05, 0.1) is 0 Å². The fraction of sp³-hybridized carbons (Fsp3) is 0.462. The van der Waals surface area contributed by atoms with Crippen LogP contribution in [0.4, 0.5) is 5.82 Å². The van der Waals surface area contributed by atoms with Crippen molar-refractivity contribution in [2.24, 2.45) is 0 Å². The number of aromatic nitrogens is 1. The van der Waals surface area contributed by atoms with E-state index >= 15 is 0 Å². The third-order valence-electron chi connectivity index (χ3n) is 3.26. The molecule has 1 aliphatic heterocycles. The highest BCUT2D eigenvalue weighted by Crippen LogP contribution is 2.17. The number of pyridine rings is 1. The maximum atomic E-state index is 12.5. The Hall–Kier alpha value is -1.82. The fourth-order valence-electron chi connectivity index (χ4n) is 2.09. The van der Waals surface area contributed by atoms with Gasteiger partial charge in [0.2, 0.25) is 5.91 Å². The molecule has 0 spiro atoms. The third-order valence-corrected chi connectivity index (χ3v) is 3.45. The molecule has 7 heteroatoms. The molecule has 1 fully saturated rings. The summed E-state index contributed by atoms with van der Waals surface area (Å²) in [6, 6.07) is 3.15. The van der Waals surface area contributed by atoms with Crippen LogP contribution in [0.2, 0.25) is 5.15 Å². The van der Waals surface area contributed by atoms with Crippen molar-refractivity contribution in [1.82, 2.24) is 14.8 Å². The summed E-state index contributed by atoms with van der Waals surface area (Å²) >= 11 is 5.90. The summed E-state index contributed by atoms with van der Waals surface area (Å²) in [5.41, 5.74) is 0.437. The molecule has 0 aromatic carbocycles. The zero-order valence-electron chi connectivity index (χ0n) is 11.5. The second-order valence-corrected chi connectivity index (χ2v) is 5.10. The minimum atomic E-state index is -0.200. The molecule has 6 nitrogen and oxygen atoms in total. The lowest BCUT2D eigenvalue weighted by Crippen LogP contribution is -2.38. The monoisotopic (exact) mass is 296 g/mol. The van der Waals surface area contributed by atoms with Gasteiger partial charge in [0, 0.05) is 32.7 Å². The van der Waals surface area contributed by atoms with E-state index in [1.807, 2.05) is 0 Å². The van der Waals surface area contributed by atoms with Gasteiger partial charge >= 0.3 is 0 Å². The Morgan fingerprint density at radius 3 is 2.85 bits per heavy atom. The molecule has 1 aliphatic rings. The van der Waals surface area contributed by atoms with Crippen LogP contribution in [-0.2, 0) is 4.79 Å². The second kappa shape index (κ2) is 6.09. The number of nitrogens with zero attached hydrogens (tertiary/aromatic N) is 3. The second-order valence-electron chi connectivity index (χ2n) is 4.71. The van der Waals surface area contributed by atoms with Gasteiger partial charge in [-0.3, -0.25) is 9.59 Å². The quantitative estimate of drug-likeness (QED) is 0.830. The van der Waals surface area contributed by atoms with E-state index in [9.17, 15) is 9.59 Å². The van der Waals surface area contributed by atoms with Crippen LogP contribution in [0.5, 0.6) is 0 Å². The van der Waals surface area contributed by atoms with Gasteiger partial charge in [0.15, 0.2) is 0 Å². The molecule has 0 radical (unpaired) electrons. The standard InChI is InChI=1S/C13H17ClN4O2/c1-15-11-7-9(6-10(14)16-11)13(20)18-5-3-4-17(2)12(19)8-18/h6-7H,3-5,8H2,1-2H3,(H,15,16). The first kappa shape index (κ1) is 14.6. The number of carbonyl (C=O) groups is 2. The van der Waals surface area contributed by atoms with Crippen molar-refractivity contribution in [2.45, 2.75) is 6.42 Å². The number of hydrogen-bond acceptors (Lipinski definition) is 4. The number of anilines is 1. The Morgan fingerprint density at radius 1 is 1.40 bits per heavy atom. The van der Waals surface area contributed by atoms with Gasteiger partial charge in [-0.15, -0.1) is 0 Å². The number of amides is 2. The molecule has 2 heterocycles. The SMILES string of the molecule is CNc1cc(C(=O)N2CCCN(C)C(=O)C2)cc(Cl)n1. The van der Waals surface area contributed by atoms with E-state index in [-0.39, 0.29) is 23.5 Å². The number of halogens is 1. The lowest BCUT2D eigenvalue weighted by Gasteiger charge is -2.20. The number of rotatable bonds is 2. The summed E-state index contributed by atoms with van der Waals surface area (Å²) in [7, 11) is 3.45. The van der Waals surface area contributed by atoms with Crippen LogP contribution >= 0.6 is 11.6 Å². The molecule has 0 saturated carbocycles. The number of hydrogen-bond donors (Lipinski definition) is 1. The topological polar surface area (TPSA) is 65.5 Å². The molecule has 2 rings (SSSR count). The molecule has 0 aliphatic carbocycles. The first-order valence-electron chi connectivity index (χ1n) is 6.40. The van der Waals surface area contributed by atoms with Crippen LogP contribution in [0.15, 0.2) is 12.1 Å². The Bertz CT molecular complexity index is 535. The van der Waals surface area contributed by atoms with E-state index in [0.717, 1.165) is 6.42 Å². The van der Waals surface area contributed by atoms with E-state index in [0.29, 0.717) is 24.5 Å². The zero-order chi connectivity index (χ0) is 14.7. The summed E-state index contributed by atoms with van der Waals surface area (Å²) < 4.78 is 0. The maximum Gasteiger partial charge on any atom is 0.254 e. The van der Waals surface area contributed by atoms with Crippen LogP contribution in [0.1, 0.15) is 16.8 Å². The number of likely N-dealkylation sites (N-methyl/N-ethyl adjacent to an activating group) is 1. The van der Waals surface area contributed by atoms with Crippen molar-refractivity contribution in [3.8, 4) is 0 Å². The molecule has 108 valence electrons. The summed E-state index contributed by atoms with van der Waals surface area (Å²) in [5, 5.41) is 3.10. The summed E-state index contributed by atoms with van der Waals surface area (Å²) in [6.07, 6.45) is 0.770. The molecular formula is C13H17ClN4O2. The van der Waals surface area contributed by atoms with Gasteiger partial charge < -0.3 is 15.1 Å². The first-order valence-corrected chi connectivity index (χ1v) is 6.77. The van der Waals surface area contributed by atoms with Crippen LogP contribution in [-0.4, -0.2) is 60.3 Å². The average Bonchev–Trinajstić information content (AvgIpc) is 2.59. The van der Waals surface area contributed by atoms with Gasteiger partial charge in [0.25, 0.3) is 5.91 Å². The predicted molar refractivity (Wildman–Crippen MR) is 77.0 cm³/mol. The van der Waals surface area contributed by atoms with Gasteiger partial charge in [-0.2, -0.15) is 0 Å². The molecular weight excluding hydrogens is 280 g/mol. The van der Waals surface area contributed by atoms with E-state index in [2.05, 4.69) is 10.3 Å². The predicted octanol–water partition coefficient (Wildman–Crippen LogP) is 1.08. The first-order chi connectivity index (χ1) is 9.51. The van der Waals surface area contributed by atoms with Crippen molar-refractivity contribution in [2.75, 3.05) is 39.0 Å². The Kier molecular flexibility index (Phi) is 4.44. The van der Waals surface area contributed by atoms with E-state index < -0.39 is 0 Å². The van der Waals surface area contributed by atoms with Gasteiger partial charge in [-0.25, -0.2) is 4.98 Å². The fourth-order valence-corrected chi connectivity index (χ4v) is 2.30. The average molecular weight is 297 g/mol. The molecule has 2 amide bonds. The van der Waals surface area contributed by atoms with Gasteiger partial charge in [-0.05, 0) is 18.6 Å². The van der Waals surface area contributed by atoms with Crippen molar-refractivity contribution in [3.05, 3.63) is 22.8 Å². The lowest BCUT2D eigenvalue weighted by atomic mass is 10.2. The van der Waals surface area contributed by atoms with Gasteiger partial charge in [-0.1, -0.05) is 11.6 Å². The Labute approximate surface area is 122 Å². The normalized spacial score (nSPS) is 16.1. The zero-order valence-corrected chi connectivity index (χ0v) is 12.3. The number of carbonyl (C=O) groups excluding carboxylic acids is 2. The summed E-state index contributed by atoms with van der Waals surface area (Å²) in [5.74, 6) is 0.276. The summed E-state index contributed by atoms with van der Waals surface area (Å²) in [4.78, 5) is 31.5. The highest BCUT2D eigenvalue weighted by Gasteiger charge is 2.24. The van der Waals surface area contributed by atoms with Crippen molar-refractivity contribution < 1.29 is 9.59 Å². The van der Waals surface area contributed by atoms with Crippen LogP contribution in [0.25, 0.3) is 0 Å². The molecule has 1 N–H and O–H groups in total. The highest BCUT2D eigenvalue weighted by molar-refractivity contribution is 6.29. The molecule has 0 unspecified atom stereocenters. The van der Waals surface area contributed by atoms with E-state index in [1.54, 1.807) is 30.0 Å². The van der Waals surface area contributed by atoms with Crippen molar-refractivity contribution >= 4 is 29.2 Å². The molecule has 0 bridgehead atoms. The summed E-state index contributed by atoms with van der Waals surface area (Å²) in [6.45, 7) is 1.33. The lowest BCUT2D eigenvalue weighted by molar-refractivity contribution is -0.129. The van der Waals surface area contributed by atoms with Crippen LogP contribution < -0.4 is 5.32 Å². The number of nitrogens with one attached hydrogen (secondary N) is 1. The maximum absolute atomic E-state index is 12.5. The minimum absolute atomic E-state index is 0.0511. The Morgan fingerprint density at radius 2 is 2.15 bits per heavy atom. The van der Waals surface area contributed by atoms with Crippen molar-refractivity contribution in [1.29, 1.82) is 0 Å².